The number of ketones is 2. The Labute approximate surface area is 407 Å². The van der Waals surface area contributed by atoms with Gasteiger partial charge in [-0.3, -0.25) is 40.0 Å². The van der Waals surface area contributed by atoms with Crippen molar-refractivity contribution in [2.45, 2.75) is 58.3 Å². The average Bonchev–Trinajstić information content (AvgIpc) is 4.03. The van der Waals surface area contributed by atoms with E-state index in [9.17, 15) is 40.0 Å². The van der Waals surface area contributed by atoms with Crippen LogP contribution in [-0.4, -0.2) is 73.5 Å². The number of aliphatic hydroxyl groups is 2. The van der Waals surface area contributed by atoms with Crippen molar-refractivity contribution in [3.05, 3.63) is 154 Å². The van der Waals surface area contributed by atoms with E-state index in [1.807, 2.05) is 6.07 Å². The molecule has 2 aromatic heterocycles. The summed E-state index contributed by atoms with van der Waals surface area (Å²) in [5.41, 5.74) is 8.39. The van der Waals surface area contributed by atoms with Gasteiger partial charge in [-0.25, -0.2) is 0 Å². The van der Waals surface area contributed by atoms with E-state index in [1.165, 1.54) is 90.2 Å². The van der Waals surface area contributed by atoms with Crippen molar-refractivity contribution in [3.63, 3.8) is 0 Å². The largest absolute Gasteiger partial charge is 0.506 e. The molecule has 0 bridgehead atoms. The van der Waals surface area contributed by atoms with Gasteiger partial charge in [0, 0.05) is 92.4 Å². The van der Waals surface area contributed by atoms with Crippen LogP contribution in [0.2, 0.25) is 5.02 Å². The third-order valence-electron chi connectivity index (χ3n) is 10.9. The van der Waals surface area contributed by atoms with Crippen molar-refractivity contribution in [2.24, 2.45) is 20.4 Å². The number of carbonyl (C=O) groups excluding carboxylic acids is 2. The molecule has 4 aliphatic rings. The molecular weight excluding hydrogens is 967 g/mol. The molecule has 0 atom stereocenters. The van der Waals surface area contributed by atoms with Crippen molar-refractivity contribution in [1.29, 1.82) is 0 Å². The fraction of sp³-hybridized carbons (Fsp3) is 0.267. The van der Waals surface area contributed by atoms with Gasteiger partial charge in [0.2, 0.25) is 5.69 Å². The Hall–Kier alpha value is -6.65. The van der Waals surface area contributed by atoms with Crippen molar-refractivity contribution < 1.29 is 51.0 Å². The summed E-state index contributed by atoms with van der Waals surface area (Å²) in [5.74, 6) is -1.32. The second-order valence-electron chi connectivity index (χ2n) is 15.0. The molecule has 1 aliphatic heterocycles. The Morgan fingerprint density at radius 1 is 0.806 bits per heavy atom. The van der Waals surface area contributed by atoms with Gasteiger partial charge < -0.3 is 35.3 Å². The zero-order valence-electron chi connectivity index (χ0n) is 36.5. The fourth-order valence-electron chi connectivity index (χ4n) is 7.67. The molecule has 18 nitrogen and oxygen atoms in total. The van der Waals surface area contributed by atoms with E-state index in [-0.39, 0.29) is 76.3 Å². The van der Waals surface area contributed by atoms with Crippen LogP contribution in [-0.2, 0) is 31.8 Å². The first-order valence-corrected chi connectivity index (χ1v) is 22.6. The van der Waals surface area contributed by atoms with Gasteiger partial charge in [0.1, 0.15) is 30.0 Å². The third kappa shape index (κ3) is 12.6. The van der Waals surface area contributed by atoms with Gasteiger partial charge in [0.25, 0.3) is 0 Å². The first kappa shape index (κ1) is 51.3. The van der Waals surface area contributed by atoms with Gasteiger partial charge in [-0.2, -0.15) is 4.58 Å². The molecule has 351 valence electrons. The number of fused-ring (bicyclic) bond motifs is 2. The van der Waals surface area contributed by atoms with Gasteiger partial charge in [0.15, 0.2) is 17.3 Å². The van der Waals surface area contributed by atoms with Gasteiger partial charge in [-0.05, 0) is 99.4 Å². The zero-order chi connectivity index (χ0) is 47.5. The SMILES string of the molecule is CCN(CC)c1ccc(/C=C/C2=[N+](C)c3ccc(Cl)cc3C23CCCCC3)c(C)c1.O=C1C=CC(=NN=c2[n-]cc([N+](=O)[O-])s2)C(O)=C1.O=C1C=CC(=NN=c2[n-]cc([N+](=O)[O-])s2)C(O)=C1.[Co]. The maximum atomic E-state index is 10.9. The van der Waals surface area contributed by atoms with Crippen LogP contribution >= 0.6 is 34.3 Å². The molecule has 2 N–H and O–H groups in total. The Kier molecular flexibility index (Phi) is 17.8. The second-order valence-corrected chi connectivity index (χ2v) is 17.4. The first-order valence-electron chi connectivity index (χ1n) is 20.6. The number of aryl methyl sites for hydroxylation is 1. The predicted molar refractivity (Wildman–Crippen MR) is 255 cm³/mol. The molecule has 8 rings (SSSR count). The molecule has 0 unspecified atom stereocenters. The number of halogens is 1. The van der Waals surface area contributed by atoms with E-state index in [4.69, 9.17) is 11.6 Å². The molecule has 1 fully saturated rings. The van der Waals surface area contributed by atoms with Crippen LogP contribution < -0.4 is 24.5 Å². The van der Waals surface area contributed by atoms with Gasteiger partial charge in [0.05, 0.1) is 15.3 Å². The van der Waals surface area contributed by atoms with Crippen LogP contribution in [0.3, 0.4) is 0 Å². The fourth-order valence-corrected chi connectivity index (χ4v) is 8.95. The number of aromatic nitrogens is 2. The van der Waals surface area contributed by atoms with Gasteiger partial charge >= 0.3 is 10.0 Å². The number of anilines is 1. The van der Waals surface area contributed by atoms with Crippen molar-refractivity contribution in [1.82, 2.24) is 9.97 Å². The molecule has 2 aromatic carbocycles. The van der Waals surface area contributed by atoms with Gasteiger partial charge in [-0.1, -0.05) is 59.6 Å². The molecule has 0 saturated heterocycles. The molecule has 3 heterocycles. The number of carbonyl (C=O) groups is 2. The molecular formula is C45H44ClCoN10O8S2-. The summed E-state index contributed by atoms with van der Waals surface area (Å²) in [6, 6.07) is 13.3. The van der Waals surface area contributed by atoms with Gasteiger partial charge in [-0.15, -0.1) is 0 Å². The van der Waals surface area contributed by atoms with Crippen LogP contribution in [0.25, 0.3) is 6.08 Å². The predicted octanol–water partition coefficient (Wildman–Crippen LogP) is 8.04. The Balaban J connectivity index is 0.000000197. The van der Waals surface area contributed by atoms with E-state index in [2.05, 4.69) is 110 Å². The molecule has 1 radical (unpaired) electrons. The number of nitrogens with zero attached hydrogens (tertiary/aromatic N) is 10. The summed E-state index contributed by atoms with van der Waals surface area (Å²) in [5, 5.41) is 54.7. The van der Waals surface area contributed by atoms with Crippen LogP contribution in [0.4, 0.5) is 21.4 Å². The third-order valence-corrected chi connectivity index (χ3v) is 12.8. The van der Waals surface area contributed by atoms with E-state index < -0.39 is 9.85 Å². The Morgan fingerprint density at radius 2 is 1.34 bits per heavy atom. The minimum absolute atomic E-state index is 0. The number of nitro groups is 2. The molecule has 67 heavy (non-hydrogen) atoms. The summed E-state index contributed by atoms with van der Waals surface area (Å²) in [6.07, 6.45) is 20.2. The monoisotopic (exact) mass is 1010 g/mol. The molecule has 0 amide bonds. The smallest absolute Gasteiger partial charge is 0.319 e. The van der Waals surface area contributed by atoms with E-state index >= 15 is 0 Å². The normalized spacial score (nSPS) is 17.7. The number of hydrogen-bond acceptors (Lipinski definition) is 15. The molecule has 1 saturated carbocycles. The number of aliphatic hydroxyl groups excluding tert-OH is 2. The first-order chi connectivity index (χ1) is 31.6. The maximum Gasteiger partial charge on any atom is 0.319 e. The number of rotatable bonds is 9. The number of benzene rings is 2. The van der Waals surface area contributed by atoms with Crippen molar-refractivity contribution in [3.8, 4) is 0 Å². The average molecular weight is 1010 g/mol. The summed E-state index contributed by atoms with van der Waals surface area (Å²) < 4.78 is 2.40. The summed E-state index contributed by atoms with van der Waals surface area (Å²) >= 11 is 7.94. The van der Waals surface area contributed by atoms with Crippen LogP contribution in [0, 0.1) is 27.2 Å². The molecule has 3 aliphatic carbocycles. The standard InChI is InChI=1S/C27H34ClN2.2C9H6N4O4S.Co/c1-5-30(6-2)23-13-10-21(20(3)18-23)11-15-26-27(16-8-7-9-17-27)24-19-22(28)12-14-25(24)29(26)4;2*14-5-1-2-6(7(15)3-5)11-12-9-10-4-8(18-9)13(16)17;/h10-15,18-19H,5-9,16-17H2,1-4H3;2*1-4H,(H2,10,12,14,15);/q+1;;;/p-2. The number of allylic oxidation sites excluding steroid dienone is 7. The summed E-state index contributed by atoms with van der Waals surface area (Å²) in [4.78, 5) is 51.3. The quantitative estimate of drug-likeness (QED) is 0.0703. The number of thiazole rings is 2. The molecule has 4 aromatic rings. The minimum Gasteiger partial charge on any atom is -0.506 e. The Morgan fingerprint density at radius 3 is 1.81 bits per heavy atom. The van der Waals surface area contributed by atoms with Crippen molar-refractivity contribution >= 4 is 90.4 Å². The topological polar surface area (TPSA) is 245 Å². The maximum absolute atomic E-state index is 10.9. The number of hydrogen-bond donors (Lipinski definition) is 2. The molecule has 22 heteroatoms. The Bertz CT molecular complexity index is 2850. The zero-order valence-corrected chi connectivity index (χ0v) is 40.0. The van der Waals surface area contributed by atoms with Crippen molar-refractivity contribution in [2.75, 3.05) is 25.0 Å². The van der Waals surface area contributed by atoms with E-state index in [1.54, 1.807) is 0 Å². The van der Waals surface area contributed by atoms with Crippen LogP contribution in [0.15, 0.2) is 123 Å². The van der Waals surface area contributed by atoms with E-state index in [0.29, 0.717) is 0 Å². The van der Waals surface area contributed by atoms with Crippen LogP contribution in [0.5, 0.6) is 0 Å². The summed E-state index contributed by atoms with van der Waals surface area (Å²) in [6.45, 7) is 8.73. The summed E-state index contributed by atoms with van der Waals surface area (Å²) in [7, 11) is 2.21. The van der Waals surface area contributed by atoms with E-state index in [0.717, 1.165) is 65.3 Å². The minimum atomic E-state index is -0.583. The second kappa shape index (κ2) is 23.2. The van der Waals surface area contributed by atoms with Crippen LogP contribution in [0.1, 0.15) is 62.6 Å². The molecule has 1 spiro atoms.